The Morgan fingerprint density at radius 2 is 0.726 bits per heavy atom. The van der Waals surface area contributed by atoms with E-state index in [1.807, 2.05) is 0 Å². The number of nitrogens with zero attached hydrogens (tertiary/aromatic N) is 14. The van der Waals surface area contributed by atoms with Crippen molar-refractivity contribution < 1.29 is 265 Å². The molecule has 0 spiro atoms. The molecule has 0 aliphatic carbocycles. The molecule has 0 fully saturated rings. The van der Waals surface area contributed by atoms with Gasteiger partial charge in [0.05, 0.1) is 85.0 Å². The number of halogens is 4. The summed E-state index contributed by atoms with van der Waals surface area (Å²) >= 11 is 24.8. The second kappa shape index (κ2) is 37.8. The number of hydrogen-bond acceptors (Lipinski definition) is 32. The fraction of sp³-hybridized carbons (Fsp3) is 0.0769. The van der Waals surface area contributed by atoms with Crippen LogP contribution >= 0.6 is 46.4 Å². The van der Waals surface area contributed by atoms with Crippen LogP contribution in [0.4, 0.5) is 45.5 Å². The Labute approximate surface area is 751 Å². The zero-order chi connectivity index (χ0) is 72.9. The van der Waals surface area contributed by atoms with Gasteiger partial charge in [-0.15, -0.1) is 0 Å². The second-order valence-electron chi connectivity index (χ2n) is 20.1. The van der Waals surface area contributed by atoms with Gasteiger partial charge in [-0.25, -0.2) is 70.5 Å². The average molecular weight is 1700 g/mol. The molecule has 106 heavy (non-hydrogen) atoms. The molecule has 2 aliphatic rings. The van der Waals surface area contributed by atoms with Gasteiger partial charge in [-0.05, 0) is 145 Å². The second-order valence-corrected chi connectivity index (χ2v) is 29.8. The van der Waals surface area contributed by atoms with E-state index >= 15 is 0 Å². The third-order valence-electron chi connectivity index (χ3n) is 13.3. The smallest absolute Gasteiger partial charge is 0.744 e. The van der Waals surface area contributed by atoms with Crippen LogP contribution in [0.3, 0.4) is 0 Å². The molecule has 6 aromatic carbocycles. The number of H-pyrrole nitrogens is 4. The van der Waals surface area contributed by atoms with Crippen LogP contribution in [-0.4, -0.2) is 143 Å². The van der Waals surface area contributed by atoms with Crippen molar-refractivity contribution in [2.24, 2.45) is 50.6 Å². The molecule has 2 aliphatic heterocycles. The van der Waals surface area contributed by atoms with E-state index in [1.165, 1.54) is 26.0 Å². The third kappa shape index (κ3) is 23.5. The first kappa shape index (κ1) is 94.8. The molecule has 0 saturated carbocycles. The van der Waals surface area contributed by atoms with E-state index in [1.54, 1.807) is 0 Å². The summed E-state index contributed by atoms with van der Waals surface area (Å²) in [5.74, 6) is -1.97. The fourth-order valence-electron chi connectivity index (χ4n) is 8.87. The molecular formula is C52H32Cl4N18Na6O20S6. The molecule has 8 aromatic rings. The Balaban J connectivity index is 0.00000396. The van der Waals surface area contributed by atoms with Gasteiger partial charge in [-0.2, -0.15) is 50.6 Å². The van der Waals surface area contributed by atoms with E-state index in [0.717, 1.165) is 109 Å². The molecule has 0 saturated heterocycles. The molecule has 520 valence electrons. The molecule has 10 rings (SSSR count). The van der Waals surface area contributed by atoms with Crippen molar-refractivity contribution in [3.05, 3.63) is 163 Å². The van der Waals surface area contributed by atoms with Gasteiger partial charge in [0.1, 0.15) is 72.1 Å². The molecule has 38 nitrogen and oxygen atoms in total. The van der Waals surface area contributed by atoms with Crippen LogP contribution in [0.25, 0.3) is 12.2 Å². The van der Waals surface area contributed by atoms with Gasteiger partial charge in [0.2, 0.25) is 33.0 Å². The molecule has 2 atom stereocenters. The van der Waals surface area contributed by atoms with E-state index < -0.39 is 147 Å². The average Bonchev–Trinajstić information content (AvgIpc) is 1.56. The van der Waals surface area contributed by atoms with Crippen molar-refractivity contribution in [2.45, 2.75) is 55.3 Å². The maximum atomic E-state index is 13.5. The SMILES string of the molecule is CC1=NN(c2cc(S(=O)(=O)[O-])ccc2Cl)C(=O)C1N=Nc1cc(N=c2nc(Cl)[nH]c(=Nc3ccc(C=Cc4ccc(N=c5[nH]c(Cl)nc(=Nc6ccc(S(=O)(=O)[O-])c(N=NC7C(=O)N(c8cc(S(=O)(=O)[O-])ccc8Cl)N=C7C)c6)[nH]5)cc4S(=O)(=O)[O-])c(S(=O)(=O)[O-])c3)[nH]2)ccc1S(=O)(=O)[O-].[Na+].[Na+].[Na+].[Na+].[Na+].[Na+]. The van der Waals surface area contributed by atoms with Crippen molar-refractivity contribution in [3.63, 3.8) is 0 Å². The summed E-state index contributed by atoms with van der Waals surface area (Å²) in [6.45, 7) is 2.61. The minimum Gasteiger partial charge on any atom is -0.744 e. The number of rotatable bonds is 18. The number of hydrazone groups is 2. The molecule has 2 aromatic heterocycles. The van der Waals surface area contributed by atoms with Gasteiger partial charge in [0.25, 0.3) is 11.8 Å². The summed E-state index contributed by atoms with van der Waals surface area (Å²) < 4.78 is 220. The summed E-state index contributed by atoms with van der Waals surface area (Å²) in [5, 5.41) is 23.5. The van der Waals surface area contributed by atoms with Gasteiger partial charge in [0.15, 0.2) is 12.1 Å². The van der Waals surface area contributed by atoms with Crippen LogP contribution in [0.15, 0.2) is 189 Å². The fourth-order valence-corrected chi connectivity index (χ4v) is 13.2. The van der Waals surface area contributed by atoms with Crippen LogP contribution in [0, 0.1) is 0 Å². The zero-order valence-corrected chi connectivity index (χ0v) is 75.0. The number of benzene rings is 6. The quantitative estimate of drug-likeness (QED) is 0.0268. The molecule has 54 heteroatoms. The number of azo groups is 2. The number of carbonyl (C=O) groups is 2. The van der Waals surface area contributed by atoms with Gasteiger partial charge in [-0.3, -0.25) is 19.6 Å². The van der Waals surface area contributed by atoms with Crippen molar-refractivity contribution in [1.82, 2.24) is 29.9 Å². The Kier molecular flexibility index (Phi) is 33.8. The van der Waals surface area contributed by atoms with Crippen molar-refractivity contribution in [2.75, 3.05) is 10.0 Å². The summed E-state index contributed by atoms with van der Waals surface area (Å²) in [6, 6.07) is 13.9. The minimum atomic E-state index is -5.40. The van der Waals surface area contributed by atoms with Gasteiger partial charge in [0, 0.05) is 0 Å². The molecule has 2 unspecified atom stereocenters. The van der Waals surface area contributed by atoms with Crippen LogP contribution in [-0.2, 0) is 70.3 Å². The predicted octanol–water partition coefficient (Wildman–Crippen LogP) is -13.3. The summed E-state index contributed by atoms with van der Waals surface area (Å²) in [7, 11) is -31.4. The molecular weight excluding hydrogens is 1670 g/mol. The summed E-state index contributed by atoms with van der Waals surface area (Å²) in [4.78, 5) is 56.8. The summed E-state index contributed by atoms with van der Waals surface area (Å²) in [6.07, 6.45) is 1.97. The molecule has 4 heterocycles. The van der Waals surface area contributed by atoms with E-state index in [2.05, 4.69) is 80.5 Å². The Morgan fingerprint density at radius 3 is 1.05 bits per heavy atom. The predicted molar refractivity (Wildman–Crippen MR) is 340 cm³/mol. The van der Waals surface area contributed by atoms with E-state index in [-0.39, 0.29) is 255 Å². The third-order valence-corrected chi connectivity index (χ3v) is 19.5. The summed E-state index contributed by atoms with van der Waals surface area (Å²) in [5.41, 5.74) is -5.11. The Bertz CT molecular complexity index is 5730. The number of nitrogens with one attached hydrogen (secondary N) is 4. The first-order chi connectivity index (χ1) is 46.6. The van der Waals surface area contributed by atoms with Gasteiger partial charge in [-0.1, -0.05) is 47.5 Å². The minimum absolute atomic E-state index is 0. The van der Waals surface area contributed by atoms with Crippen molar-refractivity contribution in [1.29, 1.82) is 0 Å². The zero-order valence-electron chi connectivity index (χ0n) is 55.1. The van der Waals surface area contributed by atoms with Crippen LogP contribution in [0.5, 0.6) is 0 Å². The van der Waals surface area contributed by atoms with E-state index in [9.17, 15) is 87.4 Å². The number of carbonyl (C=O) groups excluding carboxylic acids is 2. The monoisotopic (exact) mass is 1700 g/mol. The normalized spacial score (nSPS) is 15.8. The van der Waals surface area contributed by atoms with Crippen molar-refractivity contribution in [3.8, 4) is 0 Å². The first-order valence-electron chi connectivity index (χ1n) is 26.7. The van der Waals surface area contributed by atoms with Crippen LogP contribution < -0.4 is 210 Å². The molecule has 0 radical (unpaired) electrons. The number of aromatic nitrogens is 6. The van der Waals surface area contributed by atoms with Crippen molar-refractivity contribution >= 4 is 188 Å². The molecule has 0 bridgehead atoms. The van der Waals surface area contributed by atoms with Gasteiger partial charge >= 0.3 is 177 Å². The van der Waals surface area contributed by atoms with Crippen LogP contribution in [0.2, 0.25) is 20.6 Å². The Hall–Kier alpha value is -3.62. The van der Waals surface area contributed by atoms with Crippen LogP contribution in [0.1, 0.15) is 25.0 Å². The topological polar surface area (TPSA) is 596 Å². The maximum Gasteiger partial charge on any atom is 1.00 e. The van der Waals surface area contributed by atoms with Gasteiger partial charge < -0.3 is 37.3 Å². The first-order valence-corrected chi connectivity index (χ1v) is 36.6. The standard InChI is InChI=1S/C52H38Cl4N18O20S6.6Na/c1-23-43(45(75)73(71-23)37-21-31(95(77,78)79)11-13-33(37)53)69-67-35-17-27(9-15-39(35)97(83,84)85)57-49-61-47(55)63-51(65-49)59-29-7-5-25(41(19-29)99(89,90)91)3-4-26-6-8-30(20-42(26)100(92,93)94)60-52-64-48(56)62-50(66-52)58-28-10-16-40(98(86,87)88)36(18-28)68-70-44-24(2)72-74(46(44)76)38-22-32(96(80,81)82)12-14-34(38)54;;;;;;/h3-22,43-44H,1-2H3,(H,77,78,79)(H,80,81,82)(H,83,84,85)(H,86,87,88)(H,89,90,91)(H,92,93,94)(H2,57,59,61,63,65)(H2,58,60,62,64,66);;;;;;/q;6*+1/p-6. The van der Waals surface area contributed by atoms with E-state index in [0.29, 0.717) is 10.0 Å². The number of anilines is 2. The largest absolute Gasteiger partial charge is 1.00 e. The number of hydrogen-bond donors (Lipinski definition) is 4. The molecule has 4 N–H and O–H groups in total. The van der Waals surface area contributed by atoms with E-state index in [4.69, 9.17) is 46.4 Å². The maximum absolute atomic E-state index is 13.5. The Morgan fingerprint density at radius 1 is 0.406 bits per heavy atom. The number of aromatic amines is 4. The molecule has 2 amide bonds. The number of amides is 2.